The quantitative estimate of drug-likeness (QED) is 0.782. The first-order chi connectivity index (χ1) is 7.96. The van der Waals surface area contributed by atoms with E-state index in [0.29, 0.717) is 5.95 Å². The summed E-state index contributed by atoms with van der Waals surface area (Å²) in [6.45, 7) is 12.3. The molecule has 0 aromatic carbocycles. The summed E-state index contributed by atoms with van der Waals surface area (Å²) in [5, 5.41) is 9.23. The van der Waals surface area contributed by atoms with E-state index in [1.165, 1.54) is 4.90 Å². The van der Waals surface area contributed by atoms with Crippen LogP contribution in [0.1, 0.15) is 41.5 Å². The van der Waals surface area contributed by atoms with E-state index >= 15 is 0 Å². The van der Waals surface area contributed by atoms with Gasteiger partial charge in [0.15, 0.2) is 0 Å². The molecule has 1 aromatic heterocycles. The van der Waals surface area contributed by atoms with Gasteiger partial charge in [0.05, 0.1) is 30.5 Å². The van der Waals surface area contributed by atoms with Gasteiger partial charge in [-0.3, -0.25) is 0 Å². The number of amides is 1. The molecule has 1 amide bonds. The van der Waals surface area contributed by atoms with Crippen LogP contribution in [0, 0.1) is 0 Å². The summed E-state index contributed by atoms with van der Waals surface area (Å²) >= 11 is 0. The van der Waals surface area contributed by atoms with Crippen LogP contribution in [-0.4, -0.2) is 22.8 Å². The van der Waals surface area contributed by atoms with Crippen molar-refractivity contribution >= 4 is 12.0 Å². The third-order valence-electron chi connectivity index (χ3n) is 2.83. The number of rotatable bonds is 1. The molecular formula is C13H24N3O2+. The van der Waals surface area contributed by atoms with Crippen molar-refractivity contribution in [3.63, 3.8) is 0 Å². The predicted octanol–water partition coefficient (Wildman–Crippen LogP) is 2.40. The first kappa shape index (κ1) is 14.5. The lowest BCUT2D eigenvalue weighted by Gasteiger charge is -2.24. The highest BCUT2D eigenvalue weighted by Crippen LogP contribution is 2.23. The lowest BCUT2D eigenvalue weighted by atomic mass is 10.1. The average molecular weight is 254 g/mol. The maximum absolute atomic E-state index is 11.3. The molecule has 0 spiro atoms. The van der Waals surface area contributed by atoms with Crippen molar-refractivity contribution in [3.05, 3.63) is 12.4 Å². The Morgan fingerprint density at radius 1 is 1.28 bits per heavy atom. The van der Waals surface area contributed by atoms with Crippen molar-refractivity contribution in [1.82, 2.24) is 4.57 Å². The van der Waals surface area contributed by atoms with Crippen LogP contribution in [-0.2, 0) is 11.1 Å². The standard InChI is InChI=1S/C13H23N3O2/c1-12(2,3)15-8-9-16(13(4,5)6)10(15)14(7)11(17)18/h8-9H,1-7H3/p+1. The second-order valence-corrected chi connectivity index (χ2v) is 6.52. The molecule has 0 aliphatic rings. The number of carboxylic acid groups (broad SMARTS) is 1. The number of anilines is 1. The zero-order valence-electron chi connectivity index (χ0n) is 12.4. The molecule has 0 fully saturated rings. The Bertz CT molecular complexity index is 418. The molecule has 1 rings (SSSR count). The second-order valence-electron chi connectivity index (χ2n) is 6.52. The Morgan fingerprint density at radius 2 is 1.78 bits per heavy atom. The zero-order chi connectivity index (χ0) is 14.3. The monoisotopic (exact) mass is 254 g/mol. The highest BCUT2D eigenvalue weighted by atomic mass is 16.4. The highest BCUT2D eigenvalue weighted by Gasteiger charge is 2.35. The van der Waals surface area contributed by atoms with Crippen LogP contribution in [0.4, 0.5) is 10.7 Å². The fourth-order valence-electron chi connectivity index (χ4n) is 1.84. The molecular weight excluding hydrogens is 230 g/mol. The molecule has 0 atom stereocenters. The molecule has 0 saturated heterocycles. The minimum Gasteiger partial charge on any atom is -0.453 e. The summed E-state index contributed by atoms with van der Waals surface area (Å²) in [4.78, 5) is 12.5. The molecule has 1 heterocycles. The van der Waals surface area contributed by atoms with Crippen LogP contribution in [0.15, 0.2) is 12.4 Å². The van der Waals surface area contributed by atoms with Crippen LogP contribution in [0.5, 0.6) is 0 Å². The normalized spacial score (nSPS) is 12.6. The van der Waals surface area contributed by atoms with Gasteiger partial charge in [0.25, 0.3) is 0 Å². The fraction of sp³-hybridized carbons (Fsp3) is 0.692. The van der Waals surface area contributed by atoms with Crippen molar-refractivity contribution in [2.75, 3.05) is 11.9 Å². The molecule has 0 radical (unpaired) electrons. The Morgan fingerprint density at radius 3 is 2.11 bits per heavy atom. The summed E-state index contributed by atoms with van der Waals surface area (Å²) in [6.07, 6.45) is 2.90. The van der Waals surface area contributed by atoms with Crippen molar-refractivity contribution in [1.29, 1.82) is 0 Å². The molecule has 0 unspecified atom stereocenters. The van der Waals surface area contributed by atoms with Gasteiger partial charge in [-0.15, -0.1) is 0 Å². The first-order valence-corrected chi connectivity index (χ1v) is 6.07. The maximum Gasteiger partial charge on any atom is 0.476 e. The Kier molecular flexibility index (Phi) is 3.47. The Hall–Kier alpha value is -1.52. The van der Waals surface area contributed by atoms with E-state index in [0.717, 1.165) is 0 Å². The minimum atomic E-state index is -0.961. The summed E-state index contributed by atoms with van der Waals surface area (Å²) in [6, 6.07) is 0. The van der Waals surface area contributed by atoms with Crippen molar-refractivity contribution in [2.45, 2.75) is 52.6 Å². The Labute approximate surface area is 109 Å². The second kappa shape index (κ2) is 4.30. The number of aromatic nitrogens is 2. The molecule has 1 N–H and O–H groups in total. The highest BCUT2D eigenvalue weighted by molar-refractivity contribution is 5.82. The number of nitrogens with zero attached hydrogens (tertiary/aromatic N) is 3. The van der Waals surface area contributed by atoms with Crippen LogP contribution >= 0.6 is 0 Å². The average Bonchev–Trinajstić information content (AvgIpc) is 2.58. The third kappa shape index (κ3) is 2.66. The SMILES string of the molecule is CN(C(=O)O)c1n(C(C)(C)C)cc[n+]1C(C)(C)C. The lowest BCUT2D eigenvalue weighted by Crippen LogP contribution is -2.54. The molecule has 18 heavy (non-hydrogen) atoms. The van der Waals surface area contributed by atoms with Gasteiger partial charge in [-0.05, 0) is 41.5 Å². The summed E-state index contributed by atoms with van der Waals surface area (Å²) in [5.74, 6) is 0.669. The maximum atomic E-state index is 11.3. The van der Waals surface area contributed by atoms with Gasteiger partial charge in [0, 0.05) is 0 Å². The van der Waals surface area contributed by atoms with E-state index in [2.05, 4.69) is 41.5 Å². The van der Waals surface area contributed by atoms with Crippen LogP contribution in [0.3, 0.4) is 0 Å². The van der Waals surface area contributed by atoms with E-state index in [1.807, 2.05) is 21.5 Å². The predicted molar refractivity (Wildman–Crippen MR) is 71.0 cm³/mol. The minimum absolute atomic E-state index is 0.171. The summed E-state index contributed by atoms with van der Waals surface area (Å²) in [5.41, 5.74) is -0.342. The lowest BCUT2D eigenvalue weighted by molar-refractivity contribution is -0.741. The van der Waals surface area contributed by atoms with E-state index in [-0.39, 0.29) is 11.1 Å². The van der Waals surface area contributed by atoms with Gasteiger partial charge in [0.2, 0.25) is 0 Å². The van der Waals surface area contributed by atoms with E-state index in [4.69, 9.17) is 0 Å². The van der Waals surface area contributed by atoms with Gasteiger partial charge in [-0.2, -0.15) is 4.90 Å². The molecule has 102 valence electrons. The van der Waals surface area contributed by atoms with E-state index in [9.17, 15) is 9.90 Å². The third-order valence-corrected chi connectivity index (χ3v) is 2.83. The van der Waals surface area contributed by atoms with Crippen molar-refractivity contribution in [3.8, 4) is 0 Å². The number of imidazole rings is 1. The molecule has 5 heteroatoms. The van der Waals surface area contributed by atoms with Gasteiger partial charge in [-0.1, -0.05) is 0 Å². The topological polar surface area (TPSA) is 49.4 Å². The molecule has 0 saturated carbocycles. The zero-order valence-corrected chi connectivity index (χ0v) is 12.4. The number of carbonyl (C=O) groups is 1. The first-order valence-electron chi connectivity index (χ1n) is 6.07. The number of hydrogen-bond acceptors (Lipinski definition) is 1. The van der Waals surface area contributed by atoms with Crippen molar-refractivity contribution in [2.24, 2.45) is 0 Å². The largest absolute Gasteiger partial charge is 0.476 e. The van der Waals surface area contributed by atoms with Crippen LogP contribution < -0.4 is 9.47 Å². The Balaban J connectivity index is 3.50. The van der Waals surface area contributed by atoms with E-state index in [1.54, 1.807) is 7.05 Å². The van der Waals surface area contributed by atoms with Crippen molar-refractivity contribution < 1.29 is 14.5 Å². The number of hydrogen-bond donors (Lipinski definition) is 1. The smallest absolute Gasteiger partial charge is 0.453 e. The van der Waals surface area contributed by atoms with E-state index < -0.39 is 6.09 Å². The van der Waals surface area contributed by atoms with Crippen LogP contribution in [0.25, 0.3) is 0 Å². The van der Waals surface area contributed by atoms with Gasteiger partial charge >= 0.3 is 12.0 Å². The van der Waals surface area contributed by atoms with Gasteiger partial charge < -0.3 is 5.11 Å². The van der Waals surface area contributed by atoms with Gasteiger partial charge in [-0.25, -0.2) is 13.9 Å². The molecule has 1 aromatic rings. The summed E-state index contributed by atoms with van der Waals surface area (Å²) < 4.78 is 3.96. The summed E-state index contributed by atoms with van der Waals surface area (Å²) in [7, 11) is 1.57. The molecule has 0 aliphatic carbocycles. The van der Waals surface area contributed by atoms with Gasteiger partial charge in [0.1, 0.15) is 0 Å². The van der Waals surface area contributed by atoms with Crippen LogP contribution in [0.2, 0.25) is 0 Å². The molecule has 0 bridgehead atoms. The fourth-order valence-corrected chi connectivity index (χ4v) is 1.84. The molecule has 0 aliphatic heterocycles. The molecule has 5 nitrogen and oxygen atoms in total.